The fourth-order valence-corrected chi connectivity index (χ4v) is 3.26. The number of hydrogen-bond donors (Lipinski definition) is 1. The lowest BCUT2D eigenvalue weighted by atomic mass is 9.89. The van der Waals surface area contributed by atoms with Gasteiger partial charge in [-0.2, -0.15) is 0 Å². The van der Waals surface area contributed by atoms with Crippen molar-refractivity contribution in [2.24, 2.45) is 5.92 Å². The molecule has 2 aromatic rings. The number of hydrogen-bond acceptors (Lipinski definition) is 2. The Morgan fingerprint density at radius 3 is 2.35 bits per heavy atom. The van der Waals surface area contributed by atoms with Crippen LogP contribution in [-0.4, -0.2) is 29.1 Å². The third-order valence-electron chi connectivity index (χ3n) is 4.47. The molecule has 1 N–H and O–H groups in total. The number of nitrogens with zero attached hydrogens (tertiary/aromatic N) is 1. The average molecular weight is 332 g/mol. The summed E-state index contributed by atoms with van der Waals surface area (Å²) < 4.78 is 0. The van der Waals surface area contributed by atoms with Crippen LogP contribution < -0.4 is 0 Å². The van der Waals surface area contributed by atoms with Crippen LogP contribution in [0.15, 0.2) is 54.6 Å². The molecule has 122 valence electrons. The van der Waals surface area contributed by atoms with E-state index in [4.69, 9.17) is 0 Å². The van der Waals surface area contributed by atoms with Crippen molar-refractivity contribution >= 4 is 18.4 Å². The first kappa shape index (κ1) is 17.5. The average Bonchev–Trinajstić information content (AvgIpc) is 2.93. The van der Waals surface area contributed by atoms with E-state index in [2.05, 4.69) is 48.2 Å². The second kappa shape index (κ2) is 7.62. The summed E-state index contributed by atoms with van der Waals surface area (Å²) in [7, 11) is 0. The van der Waals surface area contributed by atoms with Crippen LogP contribution in [0.1, 0.15) is 22.6 Å². The molecule has 1 aliphatic heterocycles. The fourth-order valence-electron chi connectivity index (χ4n) is 3.26. The fraction of sp³-hybridized carbons (Fsp3) is 0.316. The monoisotopic (exact) mass is 331 g/mol. The molecule has 0 aromatic heterocycles. The van der Waals surface area contributed by atoms with Crippen molar-refractivity contribution < 1.29 is 9.90 Å². The summed E-state index contributed by atoms with van der Waals surface area (Å²) in [6, 6.07) is 18.5. The topological polar surface area (TPSA) is 40.5 Å². The maximum absolute atomic E-state index is 11.6. The van der Waals surface area contributed by atoms with E-state index in [1.165, 1.54) is 11.1 Å². The van der Waals surface area contributed by atoms with Gasteiger partial charge in [0, 0.05) is 25.6 Å². The van der Waals surface area contributed by atoms with Crippen molar-refractivity contribution in [2.45, 2.75) is 19.4 Å². The van der Waals surface area contributed by atoms with E-state index < -0.39 is 5.97 Å². The van der Waals surface area contributed by atoms with Crippen LogP contribution in [0.25, 0.3) is 0 Å². The Labute approximate surface area is 143 Å². The molecule has 2 atom stereocenters. The Morgan fingerprint density at radius 1 is 1.09 bits per heavy atom. The predicted molar refractivity (Wildman–Crippen MR) is 94.0 cm³/mol. The second-order valence-electron chi connectivity index (χ2n) is 6.14. The van der Waals surface area contributed by atoms with Gasteiger partial charge in [-0.1, -0.05) is 60.2 Å². The molecule has 2 aromatic carbocycles. The summed E-state index contributed by atoms with van der Waals surface area (Å²) in [4.78, 5) is 13.9. The molecule has 0 unspecified atom stereocenters. The maximum Gasteiger partial charge on any atom is 0.308 e. The first-order valence-electron chi connectivity index (χ1n) is 7.69. The standard InChI is InChI=1S/C19H21NO2.ClH/c1-14-7-9-16(10-8-14)17-12-20(13-18(17)19(21)22)11-15-5-3-2-4-6-15;/h2-10,17-18H,11-13H2,1H3,(H,21,22);1H/t17-,18+;/m0./s1. The zero-order valence-corrected chi connectivity index (χ0v) is 14.0. The molecule has 3 nitrogen and oxygen atoms in total. The molecular weight excluding hydrogens is 310 g/mol. The Bertz CT molecular complexity index is 642. The molecule has 0 saturated carbocycles. The number of aliphatic carboxylic acids is 1. The number of aryl methyl sites for hydroxylation is 1. The zero-order chi connectivity index (χ0) is 15.5. The first-order chi connectivity index (χ1) is 10.6. The molecular formula is C19H22ClNO2. The van der Waals surface area contributed by atoms with Crippen LogP contribution >= 0.6 is 12.4 Å². The van der Waals surface area contributed by atoms with Crippen molar-refractivity contribution in [3.63, 3.8) is 0 Å². The molecule has 1 heterocycles. The summed E-state index contributed by atoms with van der Waals surface area (Å²) >= 11 is 0. The minimum absolute atomic E-state index is 0. The molecule has 0 amide bonds. The lowest BCUT2D eigenvalue weighted by molar-refractivity contribution is -0.141. The summed E-state index contributed by atoms with van der Waals surface area (Å²) in [5.41, 5.74) is 3.57. The van der Waals surface area contributed by atoms with Gasteiger partial charge in [-0.05, 0) is 18.1 Å². The van der Waals surface area contributed by atoms with Crippen molar-refractivity contribution in [1.82, 2.24) is 4.90 Å². The lowest BCUT2D eigenvalue weighted by Gasteiger charge is -2.16. The number of carbonyl (C=O) groups is 1. The molecule has 1 fully saturated rings. The molecule has 4 heteroatoms. The molecule has 0 spiro atoms. The Hall–Kier alpha value is -1.84. The first-order valence-corrected chi connectivity index (χ1v) is 7.69. The van der Waals surface area contributed by atoms with Gasteiger partial charge in [0.1, 0.15) is 0 Å². The summed E-state index contributed by atoms with van der Waals surface area (Å²) in [5, 5.41) is 9.56. The number of carboxylic acid groups (broad SMARTS) is 1. The van der Waals surface area contributed by atoms with Gasteiger partial charge in [0.15, 0.2) is 0 Å². The number of carboxylic acids is 1. The van der Waals surface area contributed by atoms with Crippen LogP contribution in [0.2, 0.25) is 0 Å². The van der Waals surface area contributed by atoms with Gasteiger partial charge in [-0.3, -0.25) is 9.69 Å². The van der Waals surface area contributed by atoms with Gasteiger partial charge in [-0.15, -0.1) is 12.4 Å². The molecule has 1 aliphatic rings. The lowest BCUT2D eigenvalue weighted by Crippen LogP contribution is -2.23. The number of halogens is 1. The van der Waals surface area contributed by atoms with Crippen LogP contribution in [0.3, 0.4) is 0 Å². The van der Waals surface area contributed by atoms with Gasteiger partial charge in [0.25, 0.3) is 0 Å². The van der Waals surface area contributed by atoms with Crippen molar-refractivity contribution in [3.8, 4) is 0 Å². The molecule has 0 aliphatic carbocycles. The third-order valence-corrected chi connectivity index (χ3v) is 4.47. The molecule has 23 heavy (non-hydrogen) atoms. The van der Waals surface area contributed by atoms with Gasteiger partial charge in [0.05, 0.1) is 5.92 Å². The normalized spacial score (nSPS) is 20.9. The maximum atomic E-state index is 11.6. The largest absolute Gasteiger partial charge is 0.481 e. The van der Waals surface area contributed by atoms with Gasteiger partial charge in [-0.25, -0.2) is 0 Å². The molecule has 1 saturated heterocycles. The minimum atomic E-state index is -0.693. The van der Waals surface area contributed by atoms with Crippen molar-refractivity contribution in [3.05, 3.63) is 71.3 Å². The van der Waals surface area contributed by atoms with E-state index >= 15 is 0 Å². The number of likely N-dealkylation sites (tertiary alicyclic amines) is 1. The number of benzene rings is 2. The van der Waals surface area contributed by atoms with Crippen LogP contribution in [0.5, 0.6) is 0 Å². The molecule has 0 bridgehead atoms. The van der Waals surface area contributed by atoms with Crippen molar-refractivity contribution in [1.29, 1.82) is 0 Å². The molecule has 3 rings (SSSR count). The Morgan fingerprint density at radius 2 is 1.74 bits per heavy atom. The van der Waals surface area contributed by atoms with E-state index in [9.17, 15) is 9.90 Å². The summed E-state index contributed by atoms with van der Waals surface area (Å²) in [6.45, 7) is 4.28. The Balaban J connectivity index is 0.00000192. The Kier molecular flexibility index (Phi) is 5.80. The van der Waals surface area contributed by atoms with E-state index in [-0.39, 0.29) is 24.2 Å². The minimum Gasteiger partial charge on any atom is -0.481 e. The van der Waals surface area contributed by atoms with E-state index in [1.807, 2.05) is 18.2 Å². The van der Waals surface area contributed by atoms with Gasteiger partial charge < -0.3 is 5.11 Å². The summed E-state index contributed by atoms with van der Waals surface area (Å²) in [5.74, 6) is -0.950. The van der Waals surface area contributed by atoms with E-state index in [0.717, 1.165) is 18.7 Å². The smallest absolute Gasteiger partial charge is 0.308 e. The molecule has 0 radical (unpaired) electrons. The predicted octanol–water partition coefficient (Wildman–Crippen LogP) is 3.72. The second-order valence-corrected chi connectivity index (χ2v) is 6.14. The highest BCUT2D eigenvalue weighted by molar-refractivity contribution is 5.85. The highest BCUT2D eigenvalue weighted by Gasteiger charge is 2.38. The van der Waals surface area contributed by atoms with Crippen LogP contribution in [0.4, 0.5) is 0 Å². The van der Waals surface area contributed by atoms with Crippen molar-refractivity contribution in [2.75, 3.05) is 13.1 Å². The SMILES string of the molecule is Cc1ccc([C@@H]2CN(Cc3ccccc3)C[C@H]2C(=O)O)cc1.Cl. The summed E-state index contributed by atoms with van der Waals surface area (Å²) in [6.07, 6.45) is 0. The van der Waals surface area contributed by atoms with Gasteiger partial charge in [0.2, 0.25) is 0 Å². The van der Waals surface area contributed by atoms with E-state index in [0.29, 0.717) is 6.54 Å². The van der Waals surface area contributed by atoms with Crippen LogP contribution in [0, 0.1) is 12.8 Å². The van der Waals surface area contributed by atoms with Gasteiger partial charge >= 0.3 is 5.97 Å². The quantitative estimate of drug-likeness (QED) is 0.928. The third kappa shape index (κ3) is 4.12. The highest BCUT2D eigenvalue weighted by Crippen LogP contribution is 2.33. The van der Waals surface area contributed by atoms with E-state index in [1.54, 1.807) is 0 Å². The zero-order valence-electron chi connectivity index (χ0n) is 13.2. The highest BCUT2D eigenvalue weighted by atomic mass is 35.5. The number of rotatable bonds is 4. The van der Waals surface area contributed by atoms with Crippen LogP contribution in [-0.2, 0) is 11.3 Å².